The maximum atomic E-state index is 12.4. The molecule has 1 aliphatic rings. The van der Waals surface area contributed by atoms with Crippen molar-refractivity contribution in [3.05, 3.63) is 0 Å². The molecule has 1 aliphatic heterocycles. The van der Waals surface area contributed by atoms with Crippen LogP contribution in [-0.4, -0.2) is 48.9 Å². The van der Waals surface area contributed by atoms with E-state index in [1.54, 1.807) is 20.8 Å². The SMILES string of the molecule is CCCC[C@](CCC=O)(OC(=O)CCC(=O)OCC)[C@@H]1COC(C)(C)O1. The van der Waals surface area contributed by atoms with Crippen LogP contribution < -0.4 is 0 Å². The zero-order valence-electron chi connectivity index (χ0n) is 16.4. The third kappa shape index (κ3) is 7.03. The van der Waals surface area contributed by atoms with E-state index in [0.717, 1.165) is 19.1 Å². The lowest BCUT2D eigenvalue weighted by Gasteiger charge is -2.38. The van der Waals surface area contributed by atoms with Gasteiger partial charge in [0.1, 0.15) is 18.0 Å². The van der Waals surface area contributed by atoms with Crippen LogP contribution in [0.5, 0.6) is 0 Å². The average Bonchev–Trinajstić information content (AvgIpc) is 2.96. The number of aldehydes is 1. The molecule has 26 heavy (non-hydrogen) atoms. The first-order valence-corrected chi connectivity index (χ1v) is 9.41. The Morgan fingerprint density at radius 2 is 1.88 bits per heavy atom. The fourth-order valence-corrected chi connectivity index (χ4v) is 3.06. The zero-order chi connectivity index (χ0) is 19.6. The summed E-state index contributed by atoms with van der Waals surface area (Å²) in [5.41, 5.74) is -0.934. The van der Waals surface area contributed by atoms with Gasteiger partial charge in [-0.1, -0.05) is 13.3 Å². The van der Waals surface area contributed by atoms with E-state index in [0.29, 0.717) is 19.4 Å². The Morgan fingerprint density at radius 3 is 2.42 bits per heavy atom. The molecule has 2 atom stereocenters. The van der Waals surface area contributed by atoms with Gasteiger partial charge in [-0.05, 0) is 40.0 Å². The molecule has 1 saturated heterocycles. The van der Waals surface area contributed by atoms with E-state index in [1.165, 1.54) is 0 Å². The van der Waals surface area contributed by atoms with Crippen molar-refractivity contribution in [2.75, 3.05) is 13.2 Å². The number of ether oxygens (including phenoxy) is 4. The normalized spacial score (nSPS) is 21.0. The molecule has 7 heteroatoms. The fourth-order valence-electron chi connectivity index (χ4n) is 3.06. The summed E-state index contributed by atoms with van der Waals surface area (Å²) in [4.78, 5) is 34.8. The van der Waals surface area contributed by atoms with Crippen molar-refractivity contribution in [3.63, 3.8) is 0 Å². The number of hydrogen-bond acceptors (Lipinski definition) is 7. The highest BCUT2D eigenvalue weighted by Crippen LogP contribution is 2.38. The second-order valence-corrected chi connectivity index (χ2v) is 6.97. The summed E-state index contributed by atoms with van der Waals surface area (Å²) < 4.78 is 22.3. The molecule has 150 valence electrons. The minimum absolute atomic E-state index is 0.0300. The number of carbonyl (C=O) groups is 3. The van der Waals surface area contributed by atoms with Crippen molar-refractivity contribution in [2.45, 2.75) is 90.1 Å². The molecule has 7 nitrogen and oxygen atoms in total. The highest BCUT2D eigenvalue weighted by Gasteiger charge is 2.49. The van der Waals surface area contributed by atoms with Crippen molar-refractivity contribution in [1.29, 1.82) is 0 Å². The molecular formula is C19H32O7. The summed E-state index contributed by atoms with van der Waals surface area (Å²) >= 11 is 0. The molecular weight excluding hydrogens is 340 g/mol. The highest BCUT2D eigenvalue weighted by molar-refractivity contribution is 5.77. The first kappa shape index (κ1) is 22.6. The summed E-state index contributed by atoms with van der Waals surface area (Å²) in [5.74, 6) is -1.69. The van der Waals surface area contributed by atoms with E-state index < -0.39 is 29.4 Å². The maximum Gasteiger partial charge on any atom is 0.307 e. The van der Waals surface area contributed by atoms with Gasteiger partial charge in [-0.25, -0.2) is 0 Å². The van der Waals surface area contributed by atoms with E-state index in [1.807, 2.05) is 6.92 Å². The first-order valence-electron chi connectivity index (χ1n) is 9.41. The molecule has 0 bridgehead atoms. The van der Waals surface area contributed by atoms with Crippen LogP contribution >= 0.6 is 0 Å². The van der Waals surface area contributed by atoms with Crippen molar-refractivity contribution in [1.82, 2.24) is 0 Å². The quantitative estimate of drug-likeness (QED) is 0.384. The minimum atomic E-state index is -0.934. The molecule has 0 aliphatic carbocycles. The van der Waals surface area contributed by atoms with Gasteiger partial charge in [0.15, 0.2) is 5.79 Å². The van der Waals surface area contributed by atoms with Gasteiger partial charge in [-0.3, -0.25) is 9.59 Å². The third-order valence-corrected chi connectivity index (χ3v) is 4.39. The zero-order valence-corrected chi connectivity index (χ0v) is 16.4. The maximum absolute atomic E-state index is 12.4. The van der Waals surface area contributed by atoms with Gasteiger partial charge in [0, 0.05) is 6.42 Å². The van der Waals surface area contributed by atoms with E-state index in [9.17, 15) is 14.4 Å². The molecule has 0 N–H and O–H groups in total. The number of carbonyl (C=O) groups excluding carboxylic acids is 3. The Balaban J connectivity index is 2.87. The lowest BCUT2D eigenvalue weighted by molar-refractivity contribution is -0.197. The Bertz CT molecular complexity index is 475. The van der Waals surface area contributed by atoms with Gasteiger partial charge in [0.2, 0.25) is 0 Å². The van der Waals surface area contributed by atoms with Crippen LogP contribution in [0.1, 0.15) is 72.6 Å². The Hall–Kier alpha value is -1.47. The number of rotatable bonds is 12. The van der Waals surface area contributed by atoms with Crippen LogP contribution in [0.2, 0.25) is 0 Å². The van der Waals surface area contributed by atoms with E-state index in [4.69, 9.17) is 18.9 Å². The molecule has 0 unspecified atom stereocenters. The Kier molecular flexibility index (Phi) is 9.22. The molecule has 0 spiro atoms. The van der Waals surface area contributed by atoms with Crippen LogP contribution in [0, 0.1) is 0 Å². The van der Waals surface area contributed by atoms with E-state index in [-0.39, 0.29) is 25.9 Å². The summed E-state index contributed by atoms with van der Waals surface area (Å²) in [6, 6.07) is 0. The summed E-state index contributed by atoms with van der Waals surface area (Å²) in [5, 5.41) is 0. The third-order valence-electron chi connectivity index (χ3n) is 4.39. The highest BCUT2D eigenvalue weighted by atomic mass is 16.8. The molecule has 0 aromatic rings. The van der Waals surface area contributed by atoms with Crippen molar-refractivity contribution in [3.8, 4) is 0 Å². The second-order valence-electron chi connectivity index (χ2n) is 6.97. The molecule has 0 aromatic carbocycles. The van der Waals surface area contributed by atoms with Crippen molar-refractivity contribution < 1.29 is 33.3 Å². The van der Waals surface area contributed by atoms with E-state index >= 15 is 0 Å². The monoisotopic (exact) mass is 372 g/mol. The lowest BCUT2D eigenvalue weighted by atomic mass is 9.86. The van der Waals surface area contributed by atoms with Gasteiger partial charge in [0.25, 0.3) is 0 Å². The van der Waals surface area contributed by atoms with Crippen molar-refractivity contribution >= 4 is 18.2 Å². The number of esters is 2. The summed E-state index contributed by atoms with van der Waals surface area (Å²) in [6.07, 6.45) is 3.21. The minimum Gasteiger partial charge on any atom is -0.466 e. The summed E-state index contributed by atoms with van der Waals surface area (Å²) in [6.45, 7) is 7.93. The standard InChI is InChI=1S/C19H32O7/c1-5-7-11-19(12-8-13-20,15-14-24-18(3,4)25-15)26-17(22)10-9-16(21)23-6-2/h13,15H,5-12,14H2,1-4H3/t15-,19+/m0/s1. The van der Waals surface area contributed by atoms with Crippen LogP contribution in [-0.2, 0) is 33.3 Å². The van der Waals surface area contributed by atoms with Crippen LogP contribution in [0.3, 0.4) is 0 Å². The molecule has 1 heterocycles. The molecule has 0 saturated carbocycles. The predicted octanol–water partition coefficient (Wildman–Crippen LogP) is 2.93. The smallest absolute Gasteiger partial charge is 0.307 e. The molecule has 1 rings (SSSR count). The van der Waals surface area contributed by atoms with E-state index in [2.05, 4.69) is 0 Å². The van der Waals surface area contributed by atoms with Crippen LogP contribution in [0.25, 0.3) is 0 Å². The Labute approximate surface area is 155 Å². The predicted molar refractivity (Wildman–Crippen MR) is 94.4 cm³/mol. The number of unbranched alkanes of at least 4 members (excludes halogenated alkanes) is 1. The largest absolute Gasteiger partial charge is 0.466 e. The van der Waals surface area contributed by atoms with Gasteiger partial charge in [-0.15, -0.1) is 0 Å². The van der Waals surface area contributed by atoms with Gasteiger partial charge < -0.3 is 23.7 Å². The molecule has 0 amide bonds. The van der Waals surface area contributed by atoms with Gasteiger partial charge in [-0.2, -0.15) is 0 Å². The average molecular weight is 372 g/mol. The Morgan fingerprint density at radius 1 is 1.19 bits per heavy atom. The summed E-state index contributed by atoms with van der Waals surface area (Å²) in [7, 11) is 0. The lowest BCUT2D eigenvalue weighted by Crippen LogP contribution is -2.48. The number of hydrogen-bond donors (Lipinski definition) is 0. The molecule has 0 aromatic heterocycles. The van der Waals surface area contributed by atoms with Gasteiger partial charge in [0.05, 0.1) is 26.1 Å². The topological polar surface area (TPSA) is 88.1 Å². The second kappa shape index (κ2) is 10.6. The molecule has 0 radical (unpaired) electrons. The van der Waals surface area contributed by atoms with Crippen LogP contribution in [0.4, 0.5) is 0 Å². The van der Waals surface area contributed by atoms with Crippen LogP contribution in [0.15, 0.2) is 0 Å². The first-order chi connectivity index (χ1) is 12.3. The van der Waals surface area contributed by atoms with Gasteiger partial charge >= 0.3 is 11.9 Å². The molecule has 1 fully saturated rings. The fraction of sp³-hybridized carbons (Fsp3) is 0.842. The van der Waals surface area contributed by atoms with Crippen molar-refractivity contribution in [2.24, 2.45) is 0 Å².